The molecular formula is C14H15ClN4O2. The van der Waals surface area contributed by atoms with Gasteiger partial charge < -0.3 is 10.1 Å². The normalized spacial score (nSPS) is 17.9. The molecule has 0 spiro atoms. The van der Waals surface area contributed by atoms with Gasteiger partial charge in [0.2, 0.25) is 0 Å². The van der Waals surface area contributed by atoms with Gasteiger partial charge in [-0.15, -0.1) is 5.10 Å². The predicted octanol–water partition coefficient (Wildman–Crippen LogP) is 1.72. The Hall–Kier alpha value is -1.92. The molecule has 1 aliphatic rings. The largest absolute Gasteiger partial charge is 0.458 e. The van der Waals surface area contributed by atoms with Crippen molar-refractivity contribution >= 4 is 17.6 Å². The zero-order chi connectivity index (χ0) is 14.7. The van der Waals surface area contributed by atoms with Gasteiger partial charge in [-0.3, -0.25) is 4.79 Å². The van der Waals surface area contributed by atoms with E-state index in [1.165, 1.54) is 0 Å². The summed E-state index contributed by atoms with van der Waals surface area (Å²) in [7, 11) is 0. The van der Waals surface area contributed by atoms with Crippen molar-refractivity contribution in [3.8, 4) is 5.69 Å². The average molecular weight is 307 g/mol. The summed E-state index contributed by atoms with van der Waals surface area (Å²) in [5, 5.41) is 11.8. The maximum absolute atomic E-state index is 11.8. The number of hydrogen-bond donors (Lipinski definition) is 1. The molecule has 0 bridgehead atoms. The number of esters is 1. The van der Waals surface area contributed by atoms with Crippen LogP contribution in [-0.2, 0) is 16.1 Å². The maximum atomic E-state index is 11.8. The van der Waals surface area contributed by atoms with Gasteiger partial charge >= 0.3 is 5.97 Å². The Bertz CT molecular complexity index is 620. The number of hydrogen-bond acceptors (Lipinski definition) is 5. The molecule has 0 radical (unpaired) electrons. The summed E-state index contributed by atoms with van der Waals surface area (Å²) in [5.74, 6) is -0.228. The molecule has 0 unspecified atom stereocenters. The van der Waals surface area contributed by atoms with Crippen LogP contribution in [0.5, 0.6) is 0 Å². The molecule has 7 heteroatoms. The van der Waals surface area contributed by atoms with Gasteiger partial charge in [-0.1, -0.05) is 16.8 Å². The minimum atomic E-state index is -0.228. The van der Waals surface area contributed by atoms with Gasteiger partial charge in [0.05, 0.1) is 11.9 Å². The van der Waals surface area contributed by atoms with E-state index in [1.54, 1.807) is 23.0 Å². The first-order valence-corrected chi connectivity index (χ1v) is 7.17. The SMILES string of the molecule is O=C(OCc1cn(-c2ccc(Cl)cc2)nn1)[C@@H]1CCCN1. The van der Waals surface area contributed by atoms with Crippen molar-refractivity contribution in [2.75, 3.05) is 6.54 Å². The number of aromatic nitrogens is 3. The molecule has 1 aliphatic heterocycles. The van der Waals surface area contributed by atoms with Crippen molar-refractivity contribution in [1.82, 2.24) is 20.3 Å². The standard InChI is InChI=1S/C14H15ClN4O2/c15-10-3-5-12(6-4-10)19-8-11(17-18-19)9-21-14(20)13-2-1-7-16-13/h3-6,8,13,16H,1-2,7,9H2/t13-/m0/s1. The molecule has 6 nitrogen and oxygen atoms in total. The average Bonchev–Trinajstić information content (AvgIpc) is 3.17. The number of nitrogens with one attached hydrogen (secondary N) is 1. The highest BCUT2D eigenvalue weighted by atomic mass is 35.5. The van der Waals surface area contributed by atoms with Gasteiger partial charge in [0.25, 0.3) is 0 Å². The van der Waals surface area contributed by atoms with Crippen LogP contribution in [0.3, 0.4) is 0 Å². The number of rotatable bonds is 4. The molecule has 1 saturated heterocycles. The monoisotopic (exact) mass is 306 g/mol. The number of benzene rings is 1. The van der Waals surface area contributed by atoms with Crippen LogP contribution in [-0.4, -0.2) is 33.5 Å². The minimum Gasteiger partial charge on any atom is -0.458 e. The number of halogens is 1. The molecule has 21 heavy (non-hydrogen) atoms. The molecule has 110 valence electrons. The number of ether oxygens (including phenoxy) is 1. The molecule has 2 heterocycles. The van der Waals surface area contributed by atoms with Crippen LogP contribution in [0.15, 0.2) is 30.5 Å². The molecule has 1 N–H and O–H groups in total. The van der Waals surface area contributed by atoms with E-state index in [4.69, 9.17) is 16.3 Å². The summed E-state index contributed by atoms with van der Waals surface area (Å²) in [6.45, 7) is 0.997. The van der Waals surface area contributed by atoms with E-state index in [2.05, 4.69) is 15.6 Å². The fourth-order valence-electron chi connectivity index (χ4n) is 2.22. The number of carbonyl (C=O) groups is 1. The third-order valence-electron chi connectivity index (χ3n) is 3.34. The number of carbonyl (C=O) groups excluding carboxylic acids is 1. The van der Waals surface area contributed by atoms with Crippen molar-refractivity contribution in [2.24, 2.45) is 0 Å². The van der Waals surface area contributed by atoms with E-state index in [0.717, 1.165) is 25.1 Å². The van der Waals surface area contributed by atoms with Crippen LogP contribution < -0.4 is 5.32 Å². The molecular weight excluding hydrogens is 292 g/mol. The lowest BCUT2D eigenvalue weighted by atomic mass is 10.2. The second-order valence-corrected chi connectivity index (χ2v) is 5.32. The molecule has 0 amide bonds. The second kappa shape index (κ2) is 6.24. The van der Waals surface area contributed by atoms with Gasteiger partial charge in [-0.25, -0.2) is 4.68 Å². The van der Waals surface area contributed by atoms with Crippen LogP contribution in [0.25, 0.3) is 5.69 Å². The Kier molecular flexibility index (Phi) is 4.17. The van der Waals surface area contributed by atoms with Crippen molar-refractivity contribution in [3.05, 3.63) is 41.2 Å². The predicted molar refractivity (Wildman–Crippen MR) is 77.2 cm³/mol. The van der Waals surface area contributed by atoms with Crippen LogP contribution >= 0.6 is 11.6 Å². The molecule has 1 fully saturated rings. The molecule has 3 rings (SSSR count). The summed E-state index contributed by atoms with van der Waals surface area (Å²) >= 11 is 5.84. The smallest absolute Gasteiger partial charge is 0.323 e. The van der Waals surface area contributed by atoms with E-state index in [-0.39, 0.29) is 18.6 Å². The van der Waals surface area contributed by atoms with Gasteiger partial charge in [0, 0.05) is 5.02 Å². The molecule has 2 aromatic rings. The Labute approximate surface area is 127 Å². The summed E-state index contributed by atoms with van der Waals surface area (Å²) in [6, 6.07) is 7.06. The molecule has 1 aromatic heterocycles. The first-order chi connectivity index (χ1) is 10.2. The molecule has 1 atom stereocenters. The van der Waals surface area contributed by atoms with E-state index < -0.39 is 0 Å². The highest BCUT2D eigenvalue weighted by molar-refractivity contribution is 6.30. The van der Waals surface area contributed by atoms with Crippen LogP contribution in [0.2, 0.25) is 5.02 Å². The van der Waals surface area contributed by atoms with Gasteiger partial charge in [0.1, 0.15) is 18.3 Å². The summed E-state index contributed by atoms with van der Waals surface area (Å²) < 4.78 is 6.86. The zero-order valence-corrected chi connectivity index (χ0v) is 12.1. The Morgan fingerprint density at radius 1 is 1.43 bits per heavy atom. The van der Waals surface area contributed by atoms with E-state index in [0.29, 0.717) is 10.7 Å². The van der Waals surface area contributed by atoms with Crippen molar-refractivity contribution < 1.29 is 9.53 Å². The molecule has 1 aromatic carbocycles. The van der Waals surface area contributed by atoms with Crippen molar-refractivity contribution in [3.63, 3.8) is 0 Å². The quantitative estimate of drug-likeness (QED) is 0.871. The third-order valence-corrected chi connectivity index (χ3v) is 3.59. The first-order valence-electron chi connectivity index (χ1n) is 6.79. The van der Waals surface area contributed by atoms with Crippen molar-refractivity contribution in [2.45, 2.75) is 25.5 Å². The van der Waals surface area contributed by atoms with Gasteiger partial charge in [-0.2, -0.15) is 0 Å². The van der Waals surface area contributed by atoms with Gasteiger partial charge in [-0.05, 0) is 43.7 Å². The van der Waals surface area contributed by atoms with Crippen LogP contribution in [0.1, 0.15) is 18.5 Å². The van der Waals surface area contributed by atoms with Crippen LogP contribution in [0.4, 0.5) is 0 Å². The Balaban J connectivity index is 1.60. The highest BCUT2D eigenvalue weighted by Crippen LogP contribution is 2.13. The lowest BCUT2D eigenvalue weighted by Crippen LogP contribution is -2.32. The maximum Gasteiger partial charge on any atom is 0.323 e. The number of nitrogens with zero attached hydrogens (tertiary/aromatic N) is 3. The molecule has 0 saturated carbocycles. The van der Waals surface area contributed by atoms with E-state index in [1.807, 2.05) is 12.1 Å². The first kappa shape index (κ1) is 14.0. The third kappa shape index (κ3) is 3.40. The zero-order valence-electron chi connectivity index (χ0n) is 11.3. The van der Waals surface area contributed by atoms with E-state index >= 15 is 0 Å². The Morgan fingerprint density at radius 3 is 2.95 bits per heavy atom. The topological polar surface area (TPSA) is 69.0 Å². The van der Waals surface area contributed by atoms with Crippen LogP contribution in [0, 0.1) is 0 Å². The summed E-state index contributed by atoms with van der Waals surface area (Å²) in [5.41, 5.74) is 1.46. The lowest BCUT2D eigenvalue weighted by molar-refractivity contribution is -0.147. The summed E-state index contributed by atoms with van der Waals surface area (Å²) in [4.78, 5) is 11.8. The minimum absolute atomic E-state index is 0.130. The van der Waals surface area contributed by atoms with Crippen molar-refractivity contribution in [1.29, 1.82) is 0 Å². The lowest BCUT2D eigenvalue weighted by Gasteiger charge is -2.08. The Morgan fingerprint density at radius 2 is 2.24 bits per heavy atom. The summed E-state index contributed by atoms with van der Waals surface area (Å²) in [6.07, 6.45) is 3.57. The fourth-order valence-corrected chi connectivity index (χ4v) is 2.34. The molecule has 0 aliphatic carbocycles. The van der Waals surface area contributed by atoms with Gasteiger partial charge in [0.15, 0.2) is 0 Å². The highest BCUT2D eigenvalue weighted by Gasteiger charge is 2.23. The fraction of sp³-hybridized carbons (Fsp3) is 0.357. The second-order valence-electron chi connectivity index (χ2n) is 4.89. The van der Waals surface area contributed by atoms with E-state index in [9.17, 15) is 4.79 Å².